The number of urea groups is 1. The Bertz CT molecular complexity index is 954. The van der Waals surface area contributed by atoms with E-state index in [4.69, 9.17) is 0 Å². The zero-order valence-electron chi connectivity index (χ0n) is 15.0. The highest BCUT2D eigenvalue weighted by Gasteiger charge is 2.27. The van der Waals surface area contributed by atoms with Crippen molar-refractivity contribution >= 4 is 17.5 Å². The second-order valence-electron chi connectivity index (χ2n) is 6.12. The minimum absolute atomic E-state index is 0.130. The van der Waals surface area contributed by atoms with Crippen LogP contribution in [-0.2, 0) is 17.9 Å². The minimum Gasteiger partial charge on any atom is -0.367 e. The zero-order chi connectivity index (χ0) is 20.1. The van der Waals surface area contributed by atoms with Gasteiger partial charge in [-0.15, -0.1) is 0 Å². The second kappa shape index (κ2) is 8.26. The number of nitrogens with one attached hydrogen (secondary N) is 2. The van der Waals surface area contributed by atoms with E-state index in [1.165, 1.54) is 4.52 Å². The van der Waals surface area contributed by atoms with Gasteiger partial charge >= 0.3 is 12.2 Å². The molecule has 7 nitrogen and oxygen atoms in total. The number of rotatable bonds is 6. The van der Waals surface area contributed by atoms with Gasteiger partial charge in [0, 0.05) is 18.8 Å². The summed E-state index contributed by atoms with van der Waals surface area (Å²) in [5, 5.41) is 9.68. The first-order valence-corrected chi connectivity index (χ1v) is 8.39. The van der Waals surface area contributed by atoms with E-state index >= 15 is 0 Å². The van der Waals surface area contributed by atoms with E-state index in [1.807, 2.05) is 6.92 Å². The van der Waals surface area contributed by atoms with Gasteiger partial charge in [0.15, 0.2) is 5.65 Å². The molecule has 0 saturated carbocycles. The largest absolute Gasteiger partial charge is 0.411 e. The van der Waals surface area contributed by atoms with Crippen LogP contribution in [0.2, 0.25) is 0 Å². The highest BCUT2D eigenvalue weighted by atomic mass is 19.4. The number of aryl methyl sites for hydroxylation is 1. The van der Waals surface area contributed by atoms with E-state index in [2.05, 4.69) is 25.5 Å². The van der Waals surface area contributed by atoms with Crippen molar-refractivity contribution in [2.45, 2.75) is 26.3 Å². The van der Waals surface area contributed by atoms with Gasteiger partial charge in [-0.2, -0.15) is 22.8 Å². The first-order valence-electron chi connectivity index (χ1n) is 8.39. The third-order valence-corrected chi connectivity index (χ3v) is 3.73. The molecule has 0 aliphatic heterocycles. The molecule has 3 rings (SSSR count). The Balaban J connectivity index is 1.50. The van der Waals surface area contributed by atoms with Crippen LogP contribution in [0.4, 0.5) is 23.8 Å². The van der Waals surface area contributed by atoms with Crippen LogP contribution in [0.15, 0.2) is 42.6 Å². The standard InChI is InChI=1S/C18H18F3N5O2/c1-12-8-16-22-7-6-15(26(16)25-12)24-17(27)23-9-13-2-4-14(5-3-13)10-28-11-18(19,20)21/h2-8H,9-11H2,1H3,(H2,23,24,27). The summed E-state index contributed by atoms with van der Waals surface area (Å²) < 4.78 is 42.3. The Kier molecular flexibility index (Phi) is 5.78. The van der Waals surface area contributed by atoms with E-state index in [0.717, 1.165) is 11.3 Å². The number of benzene rings is 1. The summed E-state index contributed by atoms with van der Waals surface area (Å²) in [6, 6.07) is 9.76. The Hall–Kier alpha value is -3.14. The van der Waals surface area contributed by atoms with Crippen LogP contribution in [0.1, 0.15) is 16.8 Å². The molecule has 0 atom stereocenters. The molecule has 148 valence electrons. The molecule has 2 N–H and O–H groups in total. The van der Waals surface area contributed by atoms with Crippen molar-refractivity contribution in [1.82, 2.24) is 19.9 Å². The topological polar surface area (TPSA) is 80.5 Å². The number of hydrogen-bond acceptors (Lipinski definition) is 4. The molecule has 3 aromatic rings. The monoisotopic (exact) mass is 393 g/mol. The van der Waals surface area contributed by atoms with Crippen LogP contribution in [0.25, 0.3) is 5.65 Å². The van der Waals surface area contributed by atoms with E-state index in [1.54, 1.807) is 42.6 Å². The molecule has 0 bridgehead atoms. The number of halogens is 3. The first-order chi connectivity index (χ1) is 13.3. The summed E-state index contributed by atoms with van der Waals surface area (Å²) in [7, 11) is 0. The molecule has 2 heterocycles. The van der Waals surface area contributed by atoms with Crippen molar-refractivity contribution in [2.24, 2.45) is 0 Å². The molecule has 0 aliphatic rings. The van der Waals surface area contributed by atoms with Crippen LogP contribution < -0.4 is 10.6 Å². The number of fused-ring (bicyclic) bond motifs is 1. The zero-order valence-corrected chi connectivity index (χ0v) is 15.0. The number of alkyl halides is 3. The summed E-state index contributed by atoms with van der Waals surface area (Å²) in [6.45, 7) is 0.668. The van der Waals surface area contributed by atoms with Gasteiger partial charge in [-0.05, 0) is 24.1 Å². The van der Waals surface area contributed by atoms with Crippen LogP contribution in [0.5, 0.6) is 0 Å². The molecule has 0 saturated heterocycles. The summed E-state index contributed by atoms with van der Waals surface area (Å²) in [6.07, 6.45) is -2.77. The second-order valence-corrected chi connectivity index (χ2v) is 6.12. The predicted octanol–water partition coefficient (Wildman–Crippen LogP) is 3.44. The molecule has 0 fully saturated rings. The maximum absolute atomic E-state index is 12.1. The fourth-order valence-corrected chi connectivity index (χ4v) is 2.49. The molecule has 0 aliphatic carbocycles. The number of ether oxygens (including phenoxy) is 1. The van der Waals surface area contributed by atoms with Gasteiger partial charge < -0.3 is 10.1 Å². The molecular weight excluding hydrogens is 375 g/mol. The fourth-order valence-electron chi connectivity index (χ4n) is 2.49. The molecule has 0 unspecified atom stereocenters. The van der Waals surface area contributed by atoms with Crippen molar-refractivity contribution in [2.75, 3.05) is 11.9 Å². The van der Waals surface area contributed by atoms with Crippen molar-refractivity contribution in [3.63, 3.8) is 0 Å². The van der Waals surface area contributed by atoms with Gasteiger partial charge in [-0.1, -0.05) is 24.3 Å². The number of aromatic nitrogens is 3. The Morgan fingerprint density at radius 1 is 1.18 bits per heavy atom. The maximum atomic E-state index is 12.1. The fraction of sp³-hybridized carbons (Fsp3) is 0.278. The lowest BCUT2D eigenvalue weighted by Crippen LogP contribution is -2.29. The van der Waals surface area contributed by atoms with E-state index in [9.17, 15) is 18.0 Å². The summed E-state index contributed by atoms with van der Waals surface area (Å²) in [4.78, 5) is 16.3. The van der Waals surface area contributed by atoms with Crippen molar-refractivity contribution in [3.8, 4) is 0 Å². The lowest BCUT2D eigenvalue weighted by Gasteiger charge is -2.10. The van der Waals surface area contributed by atoms with Crippen LogP contribution >= 0.6 is 0 Å². The number of amides is 2. The van der Waals surface area contributed by atoms with Gasteiger partial charge in [-0.25, -0.2) is 9.78 Å². The molecule has 2 amide bonds. The molecule has 0 radical (unpaired) electrons. The van der Waals surface area contributed by atoms with Gasteiger partial charge in [0.1, 0.15) is 12.4 Å². The summed E-state index contributed by atoms with van der Waals surface area (Å²) >= 11 is 0. The van der Waals surface area contributed by atoms with E-state index < -0.39 is 18.8 Å². The lowest BCUT2D eigenvalue weighted by molar-refractivity contribution is -0.176. The number of nitrogens with zero attached hydrogens (tertiary/aromatic N) is 3. The van der Waals surface area contributed by atoms with E-state index in [0.29, 0.717) is 17.0 Å². The molecule has 1 aromatic carbocycles. The third-order valence-electron chi connectivity index (χ3n) is 3.73. The average molecular weight is 393 g/mol. The molecule has 28 heavy (non-hydrogen) atoms. The lowest BCUT2D eigenvalue weighted by atomic mass is 10.1. The SMILES string of the molecule is Cc1cc2nccc(NC(=O)NCc3ccc(COCC(F)(F)F)cc3)n2n1. The smallest absolute Gasteiger partial charge is 0.367 e. The van der Waals surface area contributed by atoms with Gasteiger partial charge in [0.25, 0.3) is 0 Å². The van der Waals surface area contributed by atoms with Crippen LogP contribution in [0, 0.1) is 6.92 Å². The number of carbonyl (C=O) groups excluding carboxylic acids is 1. The number of carbonyl (C=O) groups is 1. The third kappa shape index (κ3) is 5.43. The quantitative estimate of drug-likeness (QED) is 0.672. The van der Waals surface area contributed by atoms with E-state index in [-0.39, 0.29) is 13.2 Å². The minimum atomic E-state index is -4.34. The van der Waals surface area contributed by atoms with Crippen molar-refractivity contribution in [3.05, 3.63) is 59.4 Å². The highest BCUT2D eigenvalue weighted by Crippen LogP contribution is 2.16. The normalized spacial score (nSPS) is 11.6. The maximum Gasteiger partial charge on any atom is 0.411 e. The summed E-state index contributed by atoms with van der Waals surface area (Å²) in [5.41, 5.74) is 2.82. The molecule has 2 aromatic heterocycles. The predicted molar refractivity (Wildman–Crippen MR) is 95.7 cm³/mol. The van der Waals surface area contributed by atoms with Gasteiger partial charge in [-0.3, -0.25) is 5.32 Å². The molecule has 0 spiro atoms. The van der Waals surface area contributed by atoms with Crippen LogP contribution in [-0.4, -0.2) is 33.4 Å². The van der Waals surface area contributed by atoms with Crippen molar-refractivity contribution in [1.29, 1.82) is 0 Å². The van der Waals surface area contributed by atoms with Crippen molar-refractivity contribution < 1.29 is 22.7 Å². The number of anilines is 1. The first kappa shape index (κ1) is 19.6. The highest BCUT2D eigenvalue weighted by molar-refractivity contribution is 5.88. The summed E-state index contributed by atoms with van der Waals surface area (Å²) in [5.74, 6) is 0.479. The number of hydrogen-bond donors (Lipinski definition) is 2. The van der Waals surface area contributed by atoms with Gasteiger partial charge in [0.2, 0.25) is 0 Å². The Labute approximate surface area is 158 Å². The Morgan fingerprint density at radius 3 is 2.61 bits per heavy atom. The van der Waals surface area contributed by atoms with Crippen LogP contribution in [0.3, 0.4) is 0 Å². The Morgan fingerprint density at radius 2 is 1.89 bits per heavy atom. The molecule has 10 heteroatoms. The molecular formula is C18H18F3N5O2. The average Bonchev–Trinajstić information content (AvgIpc) is 3.01. The van der Waals surface area contributed by atoms with Gasteiger partial charge in [0.05, 0.1) is 12.3 Å².